The Hall–Kier alpha value is -1.93. The van der Waals surface area contributed by atoms with Crippen LogP contribution < -0.4 is 0 Å². The quantitative estimate of drug-likeness (QED) is 0.648. The van der Waals surface area contributed by atoms with Gasteiger partial charge in [-0.15, -0.1) is 0 Å². The Morgan fingerprint density at radius 1 is 0.889 bits per heavy atom. The van der Waals surface area contributed by atoms with Crippen LogP contribution in [0.5, 0.6) is 0 Å². The van der Waals surface area contributed by atoms with E-state index in [1.807, 2.05) is 55.5 Å². The first-order chi connectivity index (χ1) is 8.74. The van der Waals surface area contributed by atoms with Crippen LogP contribution in [0, 0.1) is 6.92 Å². The lowest BCUT2D eigenvalue weighted by molar-refractivity contribution is 1.16. The summed E-state index contributed by atoms with van der Waals surface area (Å²) in [6.07, 6.45) is 0. The SMILES string of the molecule is Cc1nc(-c2ccc(Cl)cc2)nc2ccccc12. The molecule has 18 heavy (non-hydrogen) atoms. The molecule has 0 amide bonds. The van der Waals surface area contributed by atoms with Crippen molar-refractivity contribution in [2.45, 2.75) is 6.92 Å². The highest BCUT2D eigenvalue weighted by molar-refractivity contribution is 6.30. The van der Waals surface area contributed by atoms with Crippen LogP contribution in [0.15, 0.2) is 48.5 Å². The monoisotopic (exact) mass is 254 g/mol. The van der Waals surface area contributed by atoms with Crippen LogP contribution >= 0.6 is 11.6 Å². The molecule has 3 aromatic rings. The number of hydrogen-bond donors (Lipinski definition) is 0. The average Bonchev–Trinajstić information content (AvgIpc) is 2.39. The summed E-state index contributed by atoms with van der Waals surface area (Å²) in [5.41, 5.74) is 2.94. The molecule has 0 aliphatic rings. The largest absolute Gasteiger partial charge is 0.233 e. The fraction of sp³-hybridized carbons (Fsp3) is 0.0667. The summed E-state index contributed by atoms with van der Waals surface area (Å²) in [6, 6.07) is 15.6. The van der Waals surface area contributed by atoms with E-state index in [-0.39, 0.29) is 0 Å². The van der Waals surface area contributed by atoms with Gasteiger partial charge in [0, 0.05) is 21.7 Å². The molecule has 2 nitrogen and oxygen atoms in total. The van der Waals surface area contributed by atoms with Gasteiger partial charge in [-0.25, -0.2) is 9.97 Å². The third-order valence-corrected chi connectivity index (χ3v) is 3.15. The molecule has 0 atom stereocenters. The van der Waals surface area contributed by atoms with E-state index in [1.54, 1.807) is 0 Å². The standard InChI is InChI=1S/C15H11ClN2/c1-10-13-4-2-3-5-14(13)18-15(17-10)11-6-8-12(16)9-7-11/h2-9H,1H3. The van der Waals surface area contributed by atoms with Crippen LogP contribution in [-0.4, -0.2) is 9.97 Å². The molecule has 0 unspecified atom stereocenters. The fourth-order valence-electron chi connectivity index (χ4n) is 1.96. The number of nitrogens with zero attached hydrogens (tertiary/aromatic N) is 2. The molecule has 0 fully saturated rings. The molecular formula is C15H11ClN2. The second-order valence-corrected chi connectivity index (χ2v) is 4.59. The summed E-state index contributed by atoms with van der Waals surface area (Å²) in [6.45, 7) is 2.00. The molecule has 3 heteroatoms. The predicted octanol–water partition coefficient (Wildman–Crippen LogP) is 4.26. The van der Waals surface area contributed by atoms with Crippen molar-refractivity contribution in [2.24, 2.45) is 0 Å². The molecular weight excluding hydrogens is 244 g/mol. The molecule has 0 saturated carbocycles. The highest BCUT2D eigenvalue weighted by Crippen LogP contribution is 2.22. The van der Waals surface area contributed by atoms with Gasteiger partial charge in [0.15, 0.2) is 5.82 Å². The van der Waals surface area contributed by atoms with Crippen molar-refractivity contribution in [1.82, 2.24) is 9.97 Å². The second kappa shape index (κ2) is 4.39. The van der Waals surface area contributed by atoms with E-state index in [1.165, 1.54) is 0 Å². The molecule has 0 spiro atoms. The summed E-state index contributed by atoms with van der Waals surface area (Å²) in [7, 11) is 0. The van der Waals surface area contributed by atoms with Crippen molar-refractivity contribution in [3.63, 3.8) is 0 Å². The molecule has 2 aromatic carbocycles. The summed E-state index contributed by atoms with van der Waals surface area (Å²) in [4.78, 5) is 9.13. The van der Waals surface area contributed by atoms with Gasteiger partial charge in [-0.05, 0) is 37.3 Å². The van der Waals surface area contributed by atoms with E-state index in [0.29, 0.717) is 0 Å². The molecule has 0 N–H and O–H groups in total. The van der Waals surface area contributed by atoms with Crippen LogP contribution in [0.2, 0.25) is 5.02 Å². The Balaban J connectivity index is 2.21. The van der Waals surface area contributed by atoms with Gasteiger partial charge in [0.1, 0.15) is 0 Å². The third kappa shape index (κ3) is 1.95. The van der Waals surface area contributed by atoms with Crippen LogP contribution in [-0.2, 0) is 0 Å². The zero-order chi connectivity index (χ0) is 12.5. The van der Waals surface area contributed by atoms with E-state index < -0.39 is 0 Å². The summed E-state index contributed by atoms with van der Waals surface area (Å²) in [5.74, 6) is 0.739. The number of hydrogen-bond acceptors (Lipinski definition) is 2. The molecule has 0 radical (unpaired) electrons. The van der Waals surface area contributed by atoms with Gasteiger partial charge >= 0.3 is 0 Å². The number of halogens is 1. The van der Waals surface area contributed by atoms with Crippen molar-refractivity contribution >= 4 is 22.5 Å². The summed E-state index contributed by atoms with van der Waals surface area (Å²) >= 11 is 5.88. The van der Waals surface area contributed by atoms with Crippen LogP contribution in [0.3, 0.4) is 0 Å². The Morgan fingerprint density at radius 3 is 2.39 bits per heavy atom. The Bertz CT molecular complexity index is 705. The van der Waals surface area contributed by atoms with E-state index in [0.717, 1.165) is 33.0 Å². The van der Waals surface area contributed by atoms with Crippen molar-refractivity contribution < 1.29 is 0 Å². The molecule has 88 valence electrons. The fourth-order valence-corrected chi connectivity index (χ4v) is 2.09. The van der Waals surface area contributed by atoms with Crippen molar-refractivity contribution in [2.75, 3.05) is 0 Å². The number of aromatic nitrogens is 2. The molecule has 0 saturated heterocycles. The molecule has 0 bridgehead atoms. The summed E-state index contributed by atoms with van der Waals surface area (Å²) in [5, 5.41) is 1.81. The number of aryl methyl sites for hydroxylation is 1. The Labute approximate surface area is 110 Å². The smallest absolute Gasteiger partial charge is 0.160 e. The lowest BCUT2D eigenvalue weighted by Gasteiger charge is -2.05. The van der Waals surface area contributed by atoms with E-state index >= 15 is 0 Å². The van der Waals surface area contributed by atoms with Gasteiger partial charge < -0.3 is 0 Å². The van der Waals surface area contributed by atoms with E-state index in [4.69, 9.17) is 11.6 Å². The van der Waals surface area contributed by atoms with Gasteiger partial charge in [-0.1, -0.05) is 29.8 Å². The minimum atomic E-state index is 0.719. The second-order valence-electron chi connectivity index (χ2n) is 4.16. The molecule has 3 rings (SSSR count). The van der Waals surface area contributed by atoms with E-state index in [9.17, 15) is 0 Å². The molecule has 0 aliphatic carbocycles. The van der Waals surface area contributed by atoms with Gasteiger partial charge in [0.05, 0.1) is 5.52 Å². The van der Waals surface area contributed by atoms with Gasteiger partial charge in [0.25, 0.3) is 0 Å². The van der Waals surface area contributed by atoms with Gasteiger partial charge in [-0.3, -0.25) is 0 Å². The predicted molar refractivity (Wildman–Crippen MR) is 74.7 cm³/mol. The van der Waals surface area contributed by atoms with Crippen molar-refractivity contribution in [3.8, 4) is 11.4 Å². The van der Waals surface area contributed by atoms with Gasteiger partial charge in [0.2, 0.25) is 0 Å². The van der Waals surface area contributed by atoms with Crippen LogP contribution in [0.1, 0.15) is 5.69 Å². The maximum atomic E-state index is 5.88. The van der Waals surface area contributed by atoms with Crippen LogP contribution in [0.25, 0.3) is 22.3 Å². The number of rotatable bonds is 1. The molecule has 1 aromatic heterocycles. The van der Waals surface area contributed by atoms with Gasteiger partial charge in [-0.2, -0.15) is 0 Å². The topological polar surface area (TPSA) is 25.8 Å². The number of fused-ring (bicyclic) bond motifs is 1. The molecule has 1 heterocycles. The summed E-state index contributed by atoms with van der Waals surface area (Å²) < 4.78 is 0. The average molecular weight is 255 g/mol. The zero-order valence-corrected chi connectivity index (χ0v) is 10.6. The first kappa shape index (κ1) is 11.2. The highest BCUT2D eigenvalue weighted by Gasteiger charge is 2.05. The number of para-hydroxylation sites is 1. The van der Waals surface area contributed by atoms with Crippen molar-refractivity contribution in [3.05, 3.63) is 59.2 Å². The third-order valence-electron chi connectivity index (χ3n) is 2.90. The lowest BCUT2D eigenvalue weighted by atomic mass is 10.1. The zero-order valence-electron chi connectivity index (χ0n) is 9.89. The Morgan fingerprint density at radius 2 is 1.61 bits per heavy atom. The maximum absolute atomic E-state index is 5.88. The Kier molecular flexibility index (Phi) is 2.73. The normalized spacial score (nSPS) is 10.8. The van der Waals surface area contributed by atoms with Crippen molar-refractivity contribution in [1.29, 1.82) is 0 Å². The number of benzene rings is 2. The minimum absolute atomic E-state index is 0.719. The lowest BCUT2D eigenvalue weighted by Crippen LogP contribution is -1.93. The molecule has 0 aliphatic heterocycles. The first-order valence-corrected chi connectivity index (χ1v) is 6.11. The van der Waals surface area contributed by atoms with E-state index in [2.05, 4.69) is 9.97 Å². The highest BCUT2D eigenvalue weighted by atomic mass is 35.5. The van der Waals surface area contributed by atoms with Crippen LogP contribution in [0.4, 0.5) is 0 Å². The maximum Gasteiger partial charge on any atom is 0.160 e. The first-order valence-electron chi connectivity index (χ1n) is 5.73. The minimum Gasteiger partial charge on any atom is -0.233 e.